The molecule has 1 aromatic carbocycles. The molecular formula is C28H27F3N8O. The zero-order chi connectivity index (χ0) is 28.7. The number of nitrogens with one attached hydrogen (secondary N) is 2. The highest BCUT2D eigenvalue weighted by atomic mass is 19.4. The first kappa shape index (κ1) is 28.4. The second-order valence-electron chi connectivity index (χ2n) is 9.11. The predicted molar refractivity (Wildman–Crippen MR) is 145 cm³/mol. The van der Waals surface area contributed by atoms with Gasteiger partial charge in [-0.2, -0.15) is 18.4 Å². The van der Waals surface area contributed by atoms with E-state index < -0.39 is 17.8 Å². The number of amides is 2. The Kier molecular flexibility index (Phi) is 8.84. The molecule has 9 nitrogen and oxygen atoms in total. The summed E-state index contributed by atoms with van der Waals surface area (Å²) in [5, 5.41) is 14.2. The molecule has 12 heteroatoms. The third kappa shape index (κ3) is 7.47. The van der Waals surface area contributed by atoms with E-state index in [1.165, 1.54) is 36.7 Å². The van der Waals surface area contributed by atoms with E-state index >= 15 is 0 Å². The van der Waals surface area contributed by atoms with Gasteiger partial charge in [-0.1, -0.05) is 24.8 Å². The van der Waals surface area contributed by atoms with E-state index in [-0.39, 0.29) is 35.0 Å². The Morgan fingerprint density at radius 2 is 1.77 bits per heavy atom. The molecule has 40 heavy (non-hydrogen) atoms. The number of nitrogen functional groups attached to an aromatic ring is 1. The molecule has 0 radical (unpaired) electrons. The maximum Gasteiger partial charge on any atom is 0.416 e. The quantitative estimate of drug-likeness (QED) is 0.410. The van der Waals surface area contributed by atoms with Crippen molar-refractivity contribution in [2.45, 2.75) is 19.6 Å². The molecule has 1 saturated heterocycles. The molecular weight excluding hydrogens is 521 g/mol. The molecule has 4 rings (SSSR count). The molecule has 2 aromatic heterocycles. The molecule has 4 N–H and O–H groups in total. The first-order chi connectivity index (χ1) is 19.1. The van der Waals surface area contributed by atoms with Gasteiger partial charge in [-0.15, -0.1) is 0 Å². The highest BCUT2D eigenvalue weighted by Crippen LogP contribution is 2.34. The standard InChI is InChI=1S/C28H27F3N8O/c1-2-38-9-11-39(12-10-38)18-21-5-6-23(15-24(21)28(29,30)31)36-27(40)37-26-13-19(7-8-34-26)3-4-20-17-35-25(33)14-22(20)16-32/h5-8,13-15,17H,2,9-12,18H2,1H3,(H2,33,35)(H2,34,36,37,40). The van der Waals surface area contributed by atoms with Crippen LogP contribution in [0.25, 0.3) is 0 Å². The van der Waals surface area contributed by atoms with Crippen molar-refractivity contribution in [2.75, 3.05) is 49.1 Å². The van der Waals surface area contributed by atoms with Crippen molar-refractivity contribution in [3.05, 3.63) is 76.6 Å². The second-order valence-corrected chi connectivity index (χ2v) is 9.11. The minimum absolute atomic E-state index is 0.000192. The largest absolute Gasteiger partial charge is 0.416 e. The highest BCUT2D eigenvalue weighted by molar-refractivity contribution is 5.99. The van der Waals surface area contributed by atoms with Gasteiger partial charge < -0.3 is 16.0 Å². The number of urea groups is 1. The Labute approximate surface area is 229 Å². The van der Waals surface area contributed by atoms with Crippen LogP contribution < -0.4 is 16.4 Å². The van der Waals surface area contributed by atoms with Crippen molar-refractivity contribution in [3.8, 4) is 17.9 Å². The molecule has 1 aliphatic rings. The van der Waals surface area contributed by atoms with Gasteiger partial charge in [0.1, 0.15) is 17.7 Å². The van der Waals surface area contributed by atoms with Gasteiger partial charge in [0.05, 0.1) is 16.7 Å². The molecule has 3 heterocycles. The van der Waals surface area contributed by atoms with Crippen LogP contribution in [0.3, 0.4) is 0 Å². The van der Waals surface area contributed by atoms with Crippen LogP contribution in [-0.2, 0) is 12.7 Å². The Bertz CT molecular complexity index is 1480. The molecule has 0 bridgehead atoms. The van der Waals surface area contributed by atoms with Crippen molar-refractivity contribution >= 4 is 23.4 Å². The fourth-order valence-electron chi connectivity index (χ4n) is 4.22. The van der Waals surface area contributed by atoms with Gasteiger partial charge in [0.2, 0.25) is 0 Å². The number of anilines is 3. The maximum atomic E-state index is 13.9. The molecule has 0 atom stereocenters. The van der Waals surface area contributed by atoms with E-state index in [4.69, 9.17) is 5.73 Å². The minimum atomic E-state index is -4.57. The molecule has 3 aromatic rings. The number of rotatable bonds is 5. The number of aromatic nitrogens is 2. The lowest BCUT2D eigenvalue weighted by Crippen LogP contribution is -2.45. The van der Waals surface area contributed by atoms with E-state index in [1.807, 2.05) is 11.0 Å². The molecule has 0 unspecified atom stereocenters. The predicted octanol–water partition coefficient (Wildman–Crippen LogP) is 4.13. The number of halogens is 3. The summed E-state index contributed by atoms with van der Waals surface area (Å²) in [6, 6.07) is 9.55. The number of likely N-dealkylation sites (N-methyl/N-ethyl adjacent to an activating group) is 1. The Balaban J connectivity index is 1.43. The van der Waals surface area contributed by atoms with Crippen LogP contribution in [0.1, 0.15) is 34.7 Å². The summed E-state index contributed by atoms with van der Waals surface area (Å²) in [7, 11) is 0. The number of hydrogen-bond acceptors (Lipinski definition) is 7. The van der Waals surface area contributed by atoms with E-state index in [1.54, 1.807) is 6.07 Å². The maximum absolute atomic E-state index is 13.9. The summed E-state index contributed by atoms with van der Waals surface area (Å²) in [6.45, 7) is 6.19. The number of hydrogen-bond donors (Lipinski definition) is 3. The summed E-state index contributed by atoms with van der Waals surface area (Å²) in [4.78, 5) is 24.8. The van der Waals surface area contributed by atoms with Crippen LogP contribution in [0.4, 0.5) is 35.3 Å². The zero-order valence-corrected chi connectivity index (χ0v) is 21.7. The average molecular weight is 549 g/mol. The first-order valence-corrected chi connectivity index (χ1v) is 12.5. The fourth-order valence-corrected chi connectivity index (χ4v) is 4.22. The monoisotopic (exact) mass is 548 g/mol. The third-order valence-corrected chi connectivity index (χ3v) is 6.37. The van der Waals surface area contributed by atoms with Crippen molar-refractivity contribution < 1.29 is 18.0 Å². The number of piperazine rings is 1. The van der Waals surface area contributed by atoms with Gasteiger partial charge in [-0.3, -0.25) is 10.2 Å². The van der Waals surface area contributed by atoms with E-state index in [0.717, 1.165) is 25.7 Å². The summed E-state index contributed by atoms with van der Waals surface area (Å²) in [6.07, 6.45) is -1.76. The van der Waals surface area contributed by atoms with E-state index in [9.17, 15) is 23.2 Å². The lowest BCUT2D eigenvalue weighted by molar-refractivity contribution is -0.138. The second kappa shape index (κ2) is 12.5. The lowest BCUT2D eigenvalue weighted by Gasteiger charge is -2.34. The van der Waals surface area contributed by atoms with E-state index in [2.05, 4.69) is 44.3 Å². The number of benzene rings is 1. The van der Waals surface area contributed by atoms with Crippen LogP contribution in [0.2, 0.25) is 0 Å². The summed E-state index contributed by atoms with van der Waals surface area (Å²) < 4.78 is 41.7. The highest BCUT2D eigenvalue weighted by Gasteiger charge is 2.34. The van der Waals surface area contributed by atoms with Crippen LogP contribution in [0.15, 0.2) is 48.8 Å². The lowest BCUT2D eigenvalue weighted by atomic mass is 10.0. The van der Waals surface area contributed by atoms with Gasteiger partial charge in [0.25, 0.3) is 0 Å². The Hall–Kier alpha value is -4.65. The SMILES string of the molecule is CCN1CCN(Cc2ccc(NC(=O)Nc3cc(C#Cc4cnc(N)cc4C#N)ccn3)cc2C(F)(F)F)CC1. The summed E-state index contributed by atoms with van der Waals surface area (Å²) in [5.74, 6) is 6.03. The van der Waals surface area contributed by atoms with Crippen LogP contribution in [0, 0.1) is 23.2 Å². The first-order valence-electron chi connectivity index (χ1n) is 12.5. The number of carbonyl (C=O) groups excluding carboxylic acids is 1. The molecule has 2 amide bonds. The smallest absolute Gasteiger partial charge is 0.384 e. The number of carbonyl (C=O) groups is 1. The van der Waals surface area contributed by atoms with E-state index in [0.29, 0.717) is 24.2 Å². The van der Waals surface area contributed by atoms with Gasteiger partial charge in [-0.25, -0.2) is 14.8 Å². The summed E-state index contributed by atoms with van der Waals surface area (Å²) in [5.41, 5.74) is 6.10. The molecule has 1 aliphatic heterocycles. The molecule has 206 valence electrons. The van der Waals surface area contributed by atoms with Crippen molar-refractivity contribution in [3.63, 3.8) is 0 Å². The van der Waals surface area contributed by atoms with Gasteiger partial charge in [-0.05, 0) is 42.4 Å². The van der Waals surface area contributed by atoms with Crippen molar-refractivity contribution in [1.82, 2.24) is 19.8 Å². The third-order valence-electron chi connectivity index (χ3n) is 6.37. The number of nitrogens with zero attached hydrogens (tertiary/aromatic N) is 5. The molecule has 0 aliphatic carbocycles. The molecule has 1 fully saturated rings. The van der Waals surface area contributed by atoms with Gasteiger partial charge >= 0.3 is 12.2 Å². The normalized spacial score (nSPS) is 14.1. The Morgan fingerprint density at radius 3 is 2.48 bits per heavy atom. The minimum Gasteiger partial charge on any atom is -0.384 e. The zero-order valence-electron chi connectivity index (χ0n) is 21.7. The Morgan fingerprint density at radius 1 is 1.02 bits per heavy atom. The topological polar surface area (TPSA) is 123 Å². The summed E-state index contributed by atoms with van der Waals surface area (Å²) >= 11 is 0. The van der Waals surface area contributed by atoms with Gasteiger partial charge in [0.15, 0.2) is 0 Å². The van der Waals surface area contributed by atoms with Gasteiger partial charge in [0, 0.05) is 56.4 Å². The number of alkyl halides is 3. The number of pyridine rings is 2. The van der Waals surface area contributed by atoms with Crippen molar-refractivity contribution in [1.29, 1.82) is 5.26 Å². The van der Waals surface area contributed by atoms with Crippen LogP contribution >= 0.6 is 0 Å². The molecule has 0 spiro atoms. The van der Waals surface area contributed by atoms with Crippen LogP contribution in [-0.4, -0.2) is 58.5 Å². The number of nitriles is 1. The fraction of sp³-hybridized carbons (Fsp3) is 0.286. The van der Waals surface area contributed by atoms with Crippen LogP contribution in [0.5, 0.6) is 0 Å². The van der Waals surface area contributed by atoms with Crippen molar-refractivity contribution in [2.24, 2.45) is 0 Å². The average Bonchev–Trinajstić information content (AvgIpc) is 2.93. The number of nitrogens with two attached hydrogens (primary N) is 1. The molecule has 0 saturated carbocycles.